The molecule has 0 bridgehead atoms. The topological polar surface area (TPSA) is 91.7 Å². The van der Waals surface area contributed by atoms with Crippen molar-refractivity contribution in [3.63, 3.8) is 0 Å². The molecule has 1 aliphatic rings. The summed E-state index contributed by atoms with van der Waals surface area (Å²) in [4.78, 5) is 38.2. The summed E-state index contributed by atoms with van der Waals surface area (Å²) >= 11 is 0. The standard InChI is InChI=1S/C19H21N3O4/c1-12-8-16(13(2)26-12)19(25)21-20-18(24)15-9-17(23)22(11-15)10-14-6-4-3-5-7-14/h3-8,15H,9-11H2,1-2H3,(H,20,24)(H,21,25). The molecule has 0 spiro atoms. The Morgan fingerprint density at radius 1 is 1.19 bits per heavy atom. The van der Waals surface area contributed by atoms with E-state index in [1.807, 2.05) is 30.3 Å². The van der Waals surface area contributed by atoms with Crippen LogP contribution in [0.1, 0.15) is 33.9 Å². The molecule has 7 heteroatoms. The first kappa shape index (κ1) is 17.7. The van der Waals surface area contributed by atoms with Crippen molar-refractivity contribution in [3.05, 3.63) is 59.0 Å². The maximum atomic E-state index is 12.3. The second-order valence-corrected chi connectivity index (χ2v) is 6.43. The quantitative estimate of drug-likeness (QED) is 0.817. The number of furan rings is 1. The minimum absolute atomic E-state index is 0.0679. The molecule has 3 amide bonds. The van der Waals surface area contributed by atoms with Gasteiger partial charge in [-0.2, -0.15) is 0 Å². The van der Waals surface area contributed by atoms with E-state index in [1.54, 1.807) is 24.8 Å². The van der Waals surface area contributed by atoms with Gasteiger partial charge in [-0.15, -0.1) is 0 Å². The average molecular weight is 355 g/mol. The summed E-state index contributed by atoms with van der Waals surface area (Å²) in [5.74, 6) is -0.269. The number of hydrazine groups is 1. The van der Waals surface area contributed by atoms with Crippen LogP contribution in [-0.4, -0.2) is 29.2 Å². The summed E-state index contributed by atoms with van der Waals surface area (Å²) in [6.45, 7) is 4.23. The van der Waals surface area contributed by atoms with Crippen molar-refractivity contribution in [2.24, 2.45) is 5.92 Å². The van der Waals surface area contributed by atoms with Crippen LogP contribution in [0.3, 0.4) is 0 Å². The third kappa shape index (κ3) is 3.93. The van der Waals surface area contributed by atoms with E-state index in [0.29, 0.717) is 30.2 Å². The summed E-state index contributed by atoms with van der Waals surface area (Å²) < 4.78 is 5.30. The first-order valence-electron chi connectivity index (χ1n) is 8.43. The van der Waals surface area contributed by atoms with Gasteiger partial charge in [-0.1, -0.05) is 30.3 Å². The molecule has 0 saturated carbocycles. The molecule has 136 valence electrons. The molecule has 1 aromatic heterocycles. The monoisotopic (exact) mass is 355 g/mol. The van der Waals surface area contributed by atoms with Gasteiger partial charge in [0.15, 0.2) is 0 Å². The van der Waals surface area contributed by atoms with Gasteiger partial charge in [-0.3, -0.25) is 25.2 Å². The van der Waals surface area contributed by atoms with Gasteiger partial charge in [0.2, 0.25) is 11.8 Å². The van der Waals surface area contributed by atoms with Gasteiger partial charge >= 0.3 is 0 Å². The van der Waals surface area contributed by atoms with Gasteiger partial charge in [-0.25, -0.2) is 0 Å². The zero-order chi connectivity index (χ0) is 18.7. The van der Waals surface area contributed by atoms with Crippen LogP contribution in [0.5, 0.6) is 0 Å². The molecule has 0 radical (unpaired) electrons. The van der Waals surface area contributed by atoms with Crippen LogP contribution < -0.4 is 10.9 Å². The van der Waals surface area contributed by atoms with E-state index in [-0.39, 0.29) is 18.2 Å². The summed E-state index contributed by atoms with van der Waals surface area (Å²) in [6.07, 6.45) is 0.137. The molecule has 2 aromatic rings. The van der Waals surface area contributed by atoms with Gasteiger partial charge in [0.1, 0.15) is 11.5 Å². The molecule has 1 fully saturated rings. The van der Waals surface area contributed by atoms with Crippen LogP contribution in [0, 0.1) is 19.8 Å². The summed E-state index contributed by atoms with van der Waals surface area (Å²) in [6, 6.07) is 11.2. The molecule has 7 nitrogen and oxygen atoms in total. The van der Waals surface area contributed by atoms with Crippen molar-refractivity contribution in [1.29, 1.82) is 0 Å². The SMILES string of the molecule is Cc1cc(C(=O)NNC(=O)C2CC(=O)N(Cc3ccccc3)C2)c(C)o1. The summed E-state index contributed by atoms with van der Waals surface area (Å²) in [5.41, 5.74) is 6.17. The summed E-state index contributed by atoms with van der Waals surface area (Å²) in [5, 5.41) is 0. The lowest BCUT2D eigenvalue weighted by molar-refractivity contribution is -0.129. The van der Waals surface area contributed by atoms with Crippen molar-refractivity contribution in [3.8, 4) is 0 Å². The van der Waals surface area contributed by atoms with Gasteiger partial charge < -0.3 is 9.32 Å². The Kier molecular flexibility index (Phi) is 5.06. The minimum atomic E-state index is -0.487. The van der Waals surface area contributed by atoms with E-state index in [9.17, 15) is 14.4 Å². The Balaban J connectivity index is 1.53. The van der Waals surface area contributed by atoms with Crippen molar-refractivity contribution in [2.75, 3.05) is 6.54 Å². The zero-order valence-electron chi connectivity index (χ0n) is 14.7. The third-order valence-corrected chi connectivity index (χ3v) is 4.39. The maximum absolute atomic E-state index is 12.3. The lowest BCUT2D eigenvalue weighted by Crippen LogP contribution is -2.45. The largest absolute Gasteiger partial charge is 0.466 e. The Labute approximate surface area is 151 Å². The van der Waals surface area contributed by atoms with E-state index in [4.69, 9.17) is 4.42 Å². The van der Waals surface area contributed by atoms with Crippen molar-refractivity contribution >= 4 is 17.7 Å². The molecular formula is C19H21N3O4. The zero-order valence-corrected chi connectivity index (χ0v) is 14.7. The summed E-state index contributed by atoms with van der Waals surface area (Å²) in [7, 11) is 0. The highest BCUT2D eigenvalue weighted by Crippen LogP contribution is 2.20. The molecule has 0 aliphatic carbocycles. The highest BCUT2D eigenvalue weighted by Gasteiger charge is 2.34. The number of carbonyl (C=O) groups is 3. The number of nitrogens with zero attached hydrogens (tertiary/aromatic N) is 1. The van der Waals surface area contributed by atoms with Gasteiger partial charge in [0, 0.05) is 19.5 Å². The number of hydrogen-bond acceptors (Lipinski definition) is 4. The van der Waals surface area contributed by atoms with Crippen LogP contribution in [0.4, 0.5) is 0 Å². The number of nitrogens with one attached hydrogen (secondary N) is 2. The molecule has 2 N–H and O–H groups in total. The molecule has 1 unspecified atom stereocenters. The maximum Gasteiger partial charge on any atom is 0.273 e. The molecule has 26 heavy (non-hydrogen) atoms. The molecule has 1 atom stereocenters. The molecule has 2 heterocycles. The first-order valence-corrected chi connectivity index (χ1v) is 8.43. The molecular weight excluding hydrogens is 334 g/mol. The number of carbonyl (C=O) groups excluding carboxylic acids is 3. The molecule has 1 aromatic carbocycles. The van der Waals surface area contributed by atoms with Crippen LogP contribution in [0.15, 0.2) is 40.8 Å². The smallest absolute Gasteiger partial charge is 0.273 e. The number of amides is 3. The Morgan fingerprint density at radius 2 is 1.92 bits per heavy atom. The molecule has 1 aliphatic heterocycles. The average Bonchev–Trinajstić information content (AvgIpc) is 3.15. The predicted molar refractivity (Wildman–Crippen MR) is 93.8 cm³/mol. The minimum Gasteiger partial charge on any atom is -0.466 e. The predicted octanol–water partition coefficient (Wildman–Crippen LogP) is 1.71. The van der Waals surface area contributed by atoms with Gasteiger partial charge in [-0.05, 0) is 25.5 Å². The molecule has 1 saturated heterocycles. The van der Waals surface area contributed by atoms with Crippen molar-refractivity contribution in [2.45, 2.75) is 26.8 Å². The number of benzene rings is 1. The number of rotatable bonds is 4. The number of aryl methyl sites for hydroxylation is 2. The van der Waals surface area contributed by atoms with E-state index in [1.165, 1.54) is 0 Å². The number of hydrogen-bond donors (Lipinski definition) is 2. The van der Waals surface area contributed by atoms with Crippen molar-refractivity contribution in [1.82, 2.24) is 15.8 Å². The fraction of sp³-hybridized carbons (Fsp3) is 0.316. The van der Waals surface area contributed by atoms with Crippen LogP contribution >= 0.6 is 0 Å². The van der Waals surface area contributed by atoms with Crippen molar-refractivity contribution < 1.29 is 18.8 Å². The van der Waals surface area contributed by atoms with Gasteiger partial charge in [0.05, 0.1) is 11.5 Å². The van der Waals surface area contributed by atoms with E-state index < -0.39 is 11.8 Å². The number of likely N-dealkylation sites (tertiary alicyclic amines) is 1. The van der Waals surface area contributed by atoms with E-state index >= 15 is 0 Å². The van der Waals surface area contributed by atoms with Crippen LogP contribution in [0.25, 0.3) is 0 Å². The Morgan fingerprint density at radius 3 is 2.58 bits per heavy atom. The van der Waals surface area contributed by atoms with E-state index in [2.05, 4.69) is 10.9 Å². The normalized spacial score (nSPS) is 16.6. The van der Waals surface area contributed by atoms with E-state index in [0.717, 1.165) is 5.56 Å². The highest BCUT2D eigenvalue weighted by molar-refractivity contribution is 5.97. The lowest BCUT2D eigenvalue weighted by Gasteiger charge is -2.16. The lowest BCUT2D eigenvalue weighted by atomic mass is 10.1. The van der Waals surface area contributed by atoms with Crippen LogP contribution in [-0.2, 0) is 16.1 Å². The Hall–Kier alpha value is -3.09. The second-order valence-electron chi connectivity index (χ2n) is 6.43. The van der Waals surface area contributed by atoms with Crippen LogP contribution in [0.2, 0.25) is 0 Å². The highest BCUT2D eigenvalue weighted by atomic mass is 16.3. The Bertz CT molecular complexity index is 829. The fourth-order valence-corrected chi connectivity index (χ4v) is 3.05. The third-order valence-electron chi connectivity index (χ3n) is 4.39. The molecule has 3 rings (SSSR count). The second kappa shape index (κ2) is 7.43. The first-order chi connectivity index (χ1) is 12.4. The van der Waals surface area contributed by atoms with Gasteiger partial charge in [0.25, 0.3) is 5.91 Å². The fourth-order valence-electron chi connectivity index (χ4n) is 3.05.